The van der Waals surface area contributed by atoms with E-state index in [1.165, 1.54) is 7.11 Å². The fraction of sp³-hybridized carbons (Fsp3) is 0.625. The number of carbonyl (C=O) groups excluding carboxylic acids is 1. The molecule has 12 heavy (non-hydrogen) atoms. The monoisotopic (exact) mass is 173 g/mol. The molecule has 0 bridgehead atoms. The summed E-state index contributed by atoms with van der Waals surface area (Å²) < 4.78 is 9.46. The number of amides is 1. The minimum Gasteiger partial charge on any atom is -0.420 e. The molecule has 0 saturated carbocycles. The van der Waals surface area contributed by atoms with Gasteiger partial charge in [-0.05, 0) is 13.3 Å². The number of hydrogen-bond donors (Lipinski definition) is 1. The summed E-state index contributed by atoms with van der Waals surface area (Å²) in [5, 5.41) is 2.46. The van der Waals surface area contributed by atoms with Gasteiger partial charge in [0.1, 0.15) is 0 Å². The third-order valence-electron chi connectivity index (χ3n) is 1.31. The number of carbonyl (C=O) groups is 1. The predicted molar refractivity (Wildman–Crippen MR) is 45.5 cm³/mol. The minimum atomic E-state index is -0.533. The van der Waals surface area contributed by atoms with Crippen molar-refractivity contribution in [3.05, 3.63) is 12.3 Å². The molecule has 1 amide bonds. The molecule has 0 aromatic rings. The largest absolute Gasteiger partial charge is 0.420 e. The number of allylic oxidation sites excluding steroid dienone is 1. The lowest BCUT2D eigenvalue weighted by atomic mass is 10.4. The van der Waals surface area contributed by atoms with Crippen LogP contribution in [0.5, 0.6) is 0 Å². The Morgan fingerprint density at radius 2 is 2.25 bits per heavy atom. The third kappa shape index (κ3) is 4.73. The summed E-state index contributed by atoms with van der Waals surface area (Å²) >= 11 is 0. The molecule has 0 aliphatic carbocycles. The van der Waals surface area contributed by atoms with E-state index in [-0.39, 0.29) is 0 Å². The molecule has 1 N–H and O–H groups in total. The zero-order chi connectivity index (χ0) is 9.56. The van der Waals surface area contributed by atoms with E-state index in [0.717, 1.165) is 0 Å². The highest BCUT2D eigenvalue weighted by Gasteiger charge is 2.07. The lowest BCUT2D eigenvalue weighted by molar-refractivity contribution is -0.0667. The number of alkyl carbamates (subject to hydrolysis) is 1. The first-order chi connectivity index (χ1) is 5.60. The number of methoxy groups -OCH3 is 1. The van der Waals surface area contributed by atoms with Crippen molar-refractivity contribution in [1.29, 1.82) is 0 Å². The first-order valence-corrected chi connectivity index (χ1v) is 3.78. The maximum absolute atomic E-state index is 10.9. The van der Waals surface area contributed by atoms with Crippen LogP contribution in [0.2, 0.25) is 0 Å². The first-order valence-electron chi connectivity index (χ1n) is 3.78. The molecule has 0 rings (SSSR count). The van der Waals surface area contributed by atoms with Crippen LogP contribution >= 0.6 is 0 Å². The lowest BCUT2D eigenvalue weighted by Gasteiger charge is -2.12. The fourth-order valence-corrected chi connectivity index (χ4v) is 0.461. The Morgan fingerprint density at radius 1 is 1.67 bits per heavy atom. The topological polar surface area (TPSA) is 47.6 Å². The highest BCUT2D eigenvalue weighted by atomic mass is 16.7. The van der Waals surface area contributed by atoms with Crippen LogP contribution in [0, 0.1) is 0 Å². The summed E-state index contributed by atoms with van der Waals surface area (Å²) in [4.78, 5) is 10.9. The summed E-state index contributed by atoms with van der Waals surface area (Å²) in [7, 11) is 1.46. The van der Waals surface area contributed by atoms with Gasteiger partial charge >= 0.3 is 6.09 Å². The molecule has 0 aliphatic rings. The average molecular weight is 173 g/mol. The highest BCUT2D eigenvalue weighted by Crippen LogP contribution is 1.95. The van der Waals surface area contributed by atoms with E-state index in [2.05, 4.69) is 11.9 Å². The number of nitrogens with one attached hydrogen (secondary N) is 1. The number of ether oxygens (including phenoxy) is 2. The SMILES string of the molecule is C=C(CC)NC(=O)OC(C)OC. The molecule has 0 radical (unpaired) electrons. The van der Waals surface area contributed by atoms with Gasteiger partial charge in [-0.1, -0.05) is 13.5 Å². The van der Waals surface area contributed by atoms with Crippen molar-refractivity contribution in [1.82, 2.24) is 5.32 Å². The summed E-state index contributed by atoms with van der Waals surface area (Å²) in [6.07, 6.45) is -0.373. The minimum absolute atomic E-state index is 0.531. The van der Waals surface area contributed by atoms with Crippen LogP contribution in [0.4, 0.5) is 4.79 Å². The summed E-state index contributed by atoms with van der Waals surface area (Å²) in [6, 6.07) is 0. The van der Waals surface area contributed by atoms with Gasteiger partial charge in [-0.15, -0.1) is 0 Å². The molecule has 0 aromatic heterocycles. The second kappa shape index (κ2) is 5.60. The predicted octanol–water partition coefficient (Wildman–Crippen LogP) is 1.63. The first kappa shape index (κ1) is 11.0. The highest BCUT2D eigenvalue weighted by molar-refractivity contribution is 5.69. The van der Waals surface area contributed by atoms with Crippen LogP contribution in [0.15, 0.2) is 12.3 Å². The Bertz CT molecular complexity index is 168. The van der Waals surface area contributed by atoms with Gasteiger partial charge in [-0.2, -0.15) is 0 Å². The average Bonchev–Trinajstić information content (AvgIpc) is 2.03. The summed E-state index contributed by atoms with van der Waals surface area (Å²) in [5.74, 6) is 0. The molecular weight excluding hydrogens is 158 g/mol. The Balaban J connectivity index is 3.66. The molecule has 4 nitrogen and oxygen atoms in total. The Morgan fingerprint density at radius 3 is 2.67 bits per heavy atom. The van der Waals surface area contributed by atoms with Crippen LogP contribution in [-0.4, -0.2) is 19.5 Å². The van der Waals surface area contributed by atoms with Crippen molar-refractivity contribution in [2.75, 3.05) is 7.11 Å². The molecule has 0 aromatic carbocycles. The Labute approximate surface area is 72.5 Å². The molecule has 70 valence electrons. The van der Waals surface area contributed by atoms with Gasteiger partial charge in [0.15, 0.2) is 0 Å². The zero-order valence-corrected chi connectivity index (χ0v) is 7.72. The smallest absolute Gasteiger partial charge is 0.413 e. The Kier molecular flexibility index (Phi) is 5.12. The molecule has 0 heterocycles. The standard InChI is InChI=1S/C8H15NO3/c1-5-6(2)9-8(10)12-7(3)11-4/h7H,2,5H2,1,3-4H3,(H,9,10). The second-order valence-corrected chi connectivity index (χ2v) is 2.29. The molecule has 0 spiro atoms. The maximum Gasteiger partial charge on any atom is 0.413 e. The second-order valence-electron chi connectivity index (χ2n) is 2.29. The van der Waals surface area contributed by atoms with Crippen LogP contribution in [-0.2, 0) is 9.47 Å². The van der Waals surface area contributed by atoms with E-state index in [0.29, 0.717) is 12.1 Å². The zero-order valence-electron chi connectivity index (χ0n) is 7.72. The Hall–Kier alpha value is -1.03. The van der Waals surface area contributed by atoms with Crippen LogP contribution in [0.3, 0.4) is 0 Å². The van der Waals surface area contributed by atoms with Crippen LogP contribution in [0.25, 0.3) is 0 Å². The van der Waals surface area contributed by atoms with Gasteiger partial charge < -0.3 is 9.47 Å². The number of hydrogen-bond acceptors (Lipinski definition) is 3. The van der Waals surface area contributed by atoms with Crippen molar-refractivity contribution in [3.63, 3.8) is 0 Å². The van der Waals surface area contributed by atoms with E-state index < -0.39 is 12.4 Å². The van der Waals surface area contributed by atoms with Gasteiger partial charge in [0, 0.05) is 12.8 Å². The van der Waals surface area contributed by atoms with Crippen molar-refractivity contribution in [2.45, 2.75) is 26.6 Å². The van der Waals surface area contributed by atoms with Crippen molar-refractivity contribution < 1.29 is 14.3 Å². The van der Waals surface area contributed by atoms with Gasteiger partial charge in [0.05, 0.1) is 0 Å². The van der Waals surface area contributed by atoms with Crippen molar-refractivity contribution >= 4 is 6.09 Å². The lowest BCUT2D eigenvalue weighted by Crippen LogP contribution is -2.27. The molecule has 0 fully saturated rings. The molecule has 0 aliphatic heterocycles. The van der Waals surface area contributed by atoms with Crippen molar-refractivity contribution in [2.24, 2.45) is 0 Å². The normalized spacial score (nSPS) is 11.9. The summed E-state index contributed by atoms with van der Waals surface area (Å²) in [6.45, 7) is 7.12. The van der Waals surface area contributed by atoms with E-state index in [9.17, 15) is 4.79 Å². The van der Waals surface area contributed by atoms with Gasteiger partial charge in [0.2, 0.25) is 6.29 Å². The van der Waals surface area contributed by atoms with E-state index in [1.54, 1.807) is 6.92 Å². The molecular formula is C8H15NO3. The third-order valence-corrected chi connectivity index (χ3v) is 1.31. The quantitative estimate of drug-likeness (QED) is 0.657. The summed E-state index contributed by atoms with van der Waals surface area (Å²) in [5.41, 5.74) is 0.628. The van der Waals surface area contributed by atoms with Crippen LogP contribution in [0.1, 0.15) is 20.3 Å². The molecule has 4 heteroatoms. The molecule has 1 atom stereocenters. The van der Waals surface area contributed by atoms with E-state index in [1.807, 2.05) is 6.92 Å². The fourth-order valence-electron chi connectivity index (χ4n) is 0.461. The van der Waals surface area contributed by atoms with E-state index >= 15 is 0 Å². The van der Waals surface area contributed by atoms with Crippen molar-refractivity contribution in [3.8, 4) is 0 Å². The van der Waals surface area contributed by atoms with Crippen LogP contribution < -0.4 is 5.32 Å². The van der Waals surface area contributed by atoms with Gasteiger partial charge in [-0.25, -0.2) is 4.79 Å². The molecule has 1 unspecified atom stereocenters. The van der Waals surface area contributed by atoms with E-state index in [4.69, 9.17) is 9.47 Å². The van der Waals surface area contributed by atoms with Gasteiger partial charge in [0.25, 0.3) is 0 Å². The maximum atomic E-state index is 10.9. The number of rotatable bonds is 4. The van der Waals surface area contributed by atoms with Gasteiger partial charge in [-0.3, -0.25) is 5.32 Å². The molecule has 0 saturated heterocycles.